The highest BCUT2D eigenvalue weighted by molar-refractivity contribution is 5.35. The van der Waals surface area contributed by atoms with Crippen molar-refractivity contribution in [1.82, 2.24) is 4.90 Å². The number of ether oxygens (including phenoxy) is 3. The zero-order valence-corrected chi connectivity index (χ0v) is 12.6. The van der Waals surface area contributed by atoms with Crippen molar-refractivity contribution in [3.05, 3.63) is 29.3 Å². The number of aryl methyl sites for hydroxylation is 2. The molecule has 4 nitrogen and oxygen atoms in total. The highest BCUT2D eigenvalue weighted by atomic mass is 16.5. The van der Waals surface area contributed by atoms with E-state index in [1.54, 1.807) is 0 Å². The zero-order valence-electron chi connectivity index (χ0n) is 12.6. The molecule has 0 aliphatic carbocycles. The van der Waals surface area contributed by atoms with Gasteiger partial charge >= 0.3 is 0 Å². The van der Waals surface area contributed by atoms with Gasteiger partial charge in [0.1, 0.15) is 12.4 Å². The van der Waals surface area contributed by atoms with E-state index < -0.39 is 0 Å². The van der Waals surface area contributed by atoms with Gasteiger partial charge in [-0.25, -0.2) is 0 Å². The van der Waals surface area contributed by atoms with Crippen molar-refractivity contribution in [1.29, 1.82) is 0 Å². The fourth-order valence-electron chi connectivity index (χ4n) is 2.29. The molecule has 112 valence electrons. The van der Waals surface area contributed by atoms with Crippen molar-refractivity contribution >= 4 is 0 Å². The first-order valence-electron chi connectivity index (χ1n) is 7.33. The maximum absolute atomic E-state index is 5.73. The molecule has 1 heterocycles. The van der Waals surface area contributed by atoms with Crippen molar-refractivity contribution in [2.45, 2.75) is 13.8 Å². The molecular weight excluding hydrogens is 254 g/mol. The zero-order chi connectivity index (χ0) is 14.2. The lowest BCUT2D eigenvalue weighted by Crippen LogP contribution is -2.38. The van der Waals surface area contributed by atoms with Crippen LogP contribution in [-0.4, -0.2) is 57.6 Å². The lowest BCUT2D eigenvalue weighted by Gasteiger charge is -2.26. The highest BCUT2D eigenvalue weighted by Crippen LogP contribution is 2.18. The smallest absolute Gasteiger partial charge is 0.122 e. The third-order valence-corrected chi connectivity index (χ3v) is 3.47. The second-order valence-electron chi connectivity index (χ2n) is 5.18. The van der Waals surface area contributed by atoms with Crippen molar-refractivity contribution in [3.63, 3.8) is 0 Å². The second-order valence-corrected chi connectivity index (χ2v) is 5.18. The second kappa shape index (κ2) is 8.25. The summed E-state index contributed by atoms with van der Waals surface area (Å²) in [5.41, 5.74) is 2.44. The van der Waals surface area contributed by atoms with E-state index in [9.17, 15) is 0 Å². The summed E-state index contributed by atoms with van der Waals surface area (Å²) >= 11 is 0. The van der Waals surface area contributed by atoms with Gasteiger partial charge in [-0.05, 0) is 25.5 Å². The summed E-state index contributed by atoms with van der Waals surface area (Å²) in [5.74, 6) is 0.951. The van der Waals surface area contributed by atoms with Crippen LogP contribution in [0.1, 0.15) is 11.1 Å². The molecule has 0 radical (unpaired) electrons. The monoisotopic (exact) mass is 279 g/mol. The van der Waals surface area contributed by atoms with E-state index in [2.05, 4.69) is 30.9 Å². The normalized spacial score (nSPS) is 16.3. The Bertz CT molecular complexity index is 403. The molecule has 2 rings (SSSR count). The third-order valence-electron chi connectivity index (χ3n) is 3.47. The molecule has 1 aromatic rings. The quantitative estimate of drug-likeness (QED) is 0.715. The van der Waals surface area contributed by atoms with Crippen LogP contribution < -0.4 is 4.74 Å². The van der Waals surface area contributed by atoms with E-state index in [1.807, 2.05) is 6.07 Å². The molecule has 1 fully saturated rings. The van der Waals surface area contributed by atoms with Gasteiger partial charge in [-0.15, -0.1) is 0 Å². The van der Waals surface area contributed by atoms with Crippen LogP contribution in [0.2, 0.25) is 0 Å². The van der Waals surface area contributed by atoms with Gasteiger partial charge in [-0.3, -0.25) is 4.90 Å². The summed E-state index contributed by atoms with van der Waals surface area (Å²) in [7, 11) is 0. The summed E-state index contributed by atoms with van der Waals surface area (Å²) in [6, 6.07) is 6.23. The predicted molar refractivity (Wildman–Crippen MR) is 79.5 cm³/mol. The van der Waals surface area contributed by atoms with Crippen LogP contribution in [0.5, 0.6) is 5.75 Å². The van der Waals surface area contributed by atoms with E-state index >= 15 is 0 Å². The van der Waals surface area contributed by atoms with Gasteiger partial charge < -0.3 is 14.2 Å². The largest absolute Gasteiger partial charge is 0.491 e. The van der Waals surface area contributed by atoms with Crippen LogP contribution in [0, 0.1) is 13.8 Å². The lowest BCUT2D eigenvalue weighted by molar-refractivity contribution is 0.0170. The molecule has 20 heavy (non-hydrogen) atoms. The van der Waals surface area contributed by atoms with Gasteiger partial charge in [-0.2, -0.15) is 0 Å². The molecule has 0 atom stereocenters. The Hall–Kier alpha value is -1.10. The number of hydrogen-bond donors (Lipinski definition) is 0. The number of hydrogen-bond acceptors (Lipinski definition) is 4. The fraction of sp³-hybridized carbons (Fsp3) is 0.625. The van der Waals surface area contributed by atoms with Crippen LogP contribution in [0.25, 0.3) is 0 Å². The van der Waals surface area contributed by atoms with Crippen LogP contribution in [0.4, 0.5) is 0 Å². The maximum Gasteiger partial charge on any atom is 0.122 e. The topological polar surface area (TPSA) is 30.9 Å². The van der Waals surface area contributed by atoms with Gasteiger partial charge in [0.05, 0.1) is 26.4 Å². The van der Waals surface area contributed by atoms with Gasteiger partial charge in [-0.1, -0.05) is 17.7 Å². The van der Waals surface area contributed by atoms with Crippen LogP contribution >= 0.6 is 0 Å². The SMILES string of the molecule is Cc1ccc(OCCOCCN2CCOCC2)c(C)c1. The van der Waals surface area contributed by atoms with E-state index in [4.69, 9.17) is 14.2 Å². The molecule has 1 saturated heterocycles. The van der Waals surface area contributed by atoms with Crippen molar-refractivity contribution in [2.75, 3.05) is 52.7 Å². The minimum Gasteiger partial charge on any atom is -0.491 e. The molecule has 4 heteroatoms. The summed E-state index contributed by atoms with van der Waals surface area (Å²) in [6.45, 7) is 10.9. The van der Waals surface area contributed by atoms with Gasteiger partial charge in [0, 0.05) is 19.6 Å². The van der Waals surface area contributed by atoms with Crippen molar-refractivity contribution in [2.24, 2.45) is 0 Å². The van der Waals surface area contributed by atoms with Gasteiger partial charge in [0.15, 0.2) is 0 Å². The molecule has 1 aromatic carbocycles. The molecule has 0 saturated carbocycles. The van der Waals surface area contributed by atoms with Crippen LogP contribution in [-0.2, 0) is 9.47 Å². The molecule has 0 amide bonds. The Morgan fingerprint density at radius 2 is 1.90 bits per heavy atom. The Labute approximate surface area is 121 Å². The number of benzene rings is 1. The number of nitrogens with zero attached hydrogens (tertiary/aromatic N) is 1. The first-order valence-corrected chi connectivity index (χ1v) is 7.33. The predicted octanol–water partition coefficient (Wildman–Crippen LogP) is 2.03. The Kier molecular flexibility index (Phi) is 6.30. The molecule has 1 aliphatic rings. The molecule has 0 N–H and O–H groups in total. The minimum absolute atomic E-state index is 0.604. The van der Waals surface area contributed by atoms with Crippen molar-refractivity contribution < 1.29 is 14.2 Å². The molecule has 0 spiro atoms. The molecule has 0 unspecified atom stereocenters. The highest BCUT2D eigenvalue weighted by Gasteiger charge is 2.09. The lowest BCUT2D eigenvalue weighted by atomic mass is 10.1. The van der Waals surface area contributed by atoms with Crippen LogP contribution in [0.3, 0.4) is 0 Å². The third kappa shape index (κ3) is 5.12. The molecular formula is C16H25NO3. The Morgan fingerprint density at radius 1 is 1.10 bits per heavy atom. The first kappa shape index (κ1) is 15.3. The average molecular weight is 279 g/mol. The Balaban J connectivity index is 1.55. The molecule has 1 aliphatic heterocycles. The molecule has 0 aromatic heterocycles. The summed E-state index contributed by atoms with van der Waals surface area (Å²) in [5, 5.41) is 0. The summed E-state index contributed by atoms with van der Waals surface area (Å²) in [4.78, 5) is 2.37. The van der Waals surface area contributed by atoms with E-state index in [0.29, 0.717) is 13.2 Å². The Morgan fingerprint density at radius 3 is 2.65 bits per heavy atom. The average Bonchev–Trinajstić information content (AvgIpc) is 2.46. The van der Waals surface area contributed by atoms with E-state index in [1.165, 1.54) is 11.1 Å². The summed E-state index contributed by atoms with van der Waals surface area (Å²) < 4.78 is 16.7. The number of rotatable bonds is 7. The first-order chi connectivity index (χ1) is 9.75. The maximum atomic E-state index is 5.73. The molecule has 0 bridgehead atoms. The van der Waals surface area contributed by atoms with E-state index in [-0.39, 0.29) is 0 Å². The van der Waals surface area contributed by atoms with Crippen LogP contribution in [0.15, 0.2) is 18.2 Å². The van der Waals surface area contributed by atoms with Gasteiger partial charge in [0.25, 0.3) is 0 Å². The minimum atomic E-state index is 0.604. The standard InChI is InChI=1S/C16H25NO3/c1-14-3-4-16(15(2)13-14)20-12-11-19-10-7-17-5-8-18-9-6-17/h3-4,13H,5-12H2,1-2H3. The summed E-state index contributed by atoms with van der Waals surface area (Å²) in [6.07, 6.45) is 0. The fourth-order valence-corrected chi connectivity index (χ4v) is 2.29. The van der Waals surface area contributed by atoms with E-state index in [0.717, 1.165) is 45.2 Å². The number of morpholine rings is 1. The van der Waals surface area contributed by atoms with Gasteiger partial charge in [0.2, 0.25) is 0 Å². The van der Waals surface area contributed by atoms with Crippen molar-refractivity contribution in [3.8, 4) is 5.75 Å².